The topological polar surface area (TPSA) is 86.7 Å². The Morgan fingerprint density at radius 1 is 1.16 bits per heavy atom. The van der Waals surface area contributed by atoms with Gasteiger partial charge in [-0.05, 0) is 72.7 Å². The first-order valence-corrected chi connectivity index (χ1v) is 11.4. The lowest BCUT2D eigenvalue weighted by Crippen LogP contribution is -2.42. The van der Waals surface area contributed by atoms with Crippen LogP contribution in [0.15, 0.2) is 53.5 Å². The fourth-order valence-electron chi connectivity index (χ4n) is 3.40. The second kappa shape index (κ2) is 11.0. The van der Waals surface area contributed by atoms with Crippen LogP contribution in [0.1, 0.15) is 44.7 Å². The third-order valence-electron chi connectivity index (χ3n) is 5.89. The summed E-state index contributed by atoms with van der Waals surface area (Å²) < 4.78 is 5.90. The fraction of sp³-hybridized carbons (Fsp3) is 0.462. The summed E-state index contributed by atoms with van der Waals surface area (Å²) in [4.78, 5) is 7.27. The lowest BCUT2D eigenvalue weighted by Gasteiger charge is -2.33. The molecule has 1 saturated heterocycles. The van der Waals surface area contributed by atoms with Gasteiger partial charge in [-0.2, -0.15) is 5.26 Å². The van der Waals surface area contributed by atoms with Gasteiger partial charge in [0.2, 0.25) is 0 Å². The van der Waals surface area contributed by atoms with E-state index >= 15 is 0 Å². The van der Waals surface area contributed by atoms with E-state index in [1.54, 1.807) is 12.1 Å². The van der Waals surface area contributed by atoms with E-state index in [0.717, 1.165) is 42.0 Å². The highest BCUT2D eigenvalue weighted by atomic mass is 16.5. The number of benzene rings is 2. The van der Waals surface area contributed by atoms with Crippen LogP contribution in [0.3, 0.4) is 0 Å². The molecule has 0 radical (unpaired) electrons. The first-order valence-electron chi connectivity index (χ1n) is 11.4. The Morgan fingerprint density at radius 3 is 2.41 bits per heavy atom. The largest absolute Gasteiger partial charge is 0.489 e. The van der Waals surface area contributed by atoms with Crippen LogP contribution in [0.5, 0.6) is 5.75 Å². The average molecular weight is 434 g/mol. The van der Waals surface area contributed by atoms with Gasteiger partial charge in [0.1, 0.15) is 12.4 Å². The van der Waals surface area contributed by atoms with Gasteiger partial charge < -0.3 is 20.7 Å². The Bertz CT molecular complexity index is 920. The van der Waals surface area contributed by atoms with Gasteiger partial charge in [0.15, 0.2) is 5.96 Å². The molecule has 0 saturated carbocycles. The van der Waals surface area contributed by atoms with Gasteiger partial charge in [0, 0.05) is 25.3 Å². The van der Waals surface area contributed by atoms with Crippen molar-refractivity contribution in [3.8, 4) is 11.8 Å². The molecular formula is C26H35N5O. The molecule has 6 heteroatoms. The molecule has 1 aliphatic heterocycles. The van der Waals surface area contributed by atoms with Crippen LogP contribution in [-0.4, -0.2) is 37.0 Å². The van der Waals surface area contributed by atoms with Gasteiger partial charge in [0.05, 0.1) is 11.6 Å². The van der Waals surface area contributed by atoms with Crippen molar-refractivity contribution in [1.82, 2.24) is 4.90 Å². The van der Waals surface area contributed by atoms with Crippen LogP contribution in [0.2, 0.25) is 0 Å². The Kier molecular flexibility index (Phi) is 8.13. The number of guanidine groups is 1. The number of nitrogens with two attached hydrogens (primary N) is 1. The third-order valence-corrected chi connectivity index (χ3v) is 5.89. The molecule has 0 atom stereocenters. The van der Waals surface area contributed by atoms with Gasteiger partial charge in [-0.15, -0.1) is 0 Å². The lowest BCUT2D eigenvalue weighted by atomic mass is 9.94. The van der Waals surface area contributed by atoms with Crippen molar-refractivity contribution in [1.29, 1.82) is 5.26 Å². The number of nitrogens with zero attached hydrogens (tertiary/aromatic N) is 3. The van der Waals surface area contributed by atoms with Crippen LogP contribution in [0.25, 0.3) is 0 Å². The molecule has 3 N–H and O–H groups in total. The number of hydrogen-bond donors (Lipinski definition) is 2. The summed E-state index contributed by atoms with van der Waals surface area (Å²) in [6.07, 6.45) is 2.37. The molecule has 0 bridgehead atoms. The minimum Gasteiger partial charge on any atom is -0.489 e. The molecule has 6 nitrogen and oxygen atoms in total. The second-order valence-corrected chi connectivity index (χ2v) is 9.42. The molecule has 0 unspecified atom stereocenters. The van der Waals surface area contributed by atoms with Crippen LogP contribution in [0, 0.1) is 22.7 Å². The van der Waals surface area contributed by atoms with Gasteiger partial charge in [-0.25, -0.2) is 0 Å². The summed E-state index contributed by atoms with van der Waals surface area (Å²) in [5.41, 5.74) is 8.55. The standard InChI is InChI=1S/C26H35N5O/c1-20-12-14-31(15-13-20)25(29-19-26(2,3)18-28)30-23-8-10-24(11-9-23)32-17-22-6-4-21(16-27)5-7-22/h4-11,20H,12-15,17-19,28H2,1-3H3,(H,29,30). The van der Waals surface area contributed by atoms with Crippen molar-refractivity contribution in [3.63, 3.8) is 0 Å². The van der Waals surface area contributed by atoms with Crippen LogP contribution >= 0.6 is 0 Å². The SMILES string of the molecule is CC1CCN(C(=NCC(C)(C)CN)Nc2ccc(OCc3ccc(C#N)cc3)cc2)CC1. The van der Waals surface area contributed by atoms with E-state index in [1.165, 1.54) is 12.8 Å². The Balaban J connectivity index is 1.63. The summed E-state index contributed by atoms with van der Waals surface area (Å²) in [5, 5.41) is 12.4. The molecular weight excluding hydrogens is 398 g/mol. The number of piperidine rings is 1. The zero-order valence-electron chi connectivity index (χ0n) is 19.5. The zero-order chi connectivity index (χ0) is 23.0. The van der Waals surface area contributed by atoms with E-state index in [0.29, 0.717) is 25.3 Å². The molecule has 2 aromatic carbocycles. The summed E-state index contributed by atoms with van der Waals surface area (Å²) in [5.74, 6) is 2.49. The molecule has 3 rings (SSSR count). The molecule has 1 aliphatic rings. The van der Waals surface area contributed by atoms with E-state index in [-0.39, 0.29) is 5.41 Å². The van der Waals surface area contributed by atoms with E-state index in [1.807, 2.05) is 36.4 Å². The smallest absolute Gasteiger partial charge is 0.198 e. The average Bonchev–Trinajstić information content (AvgIpc) is 2.82. The molecule has 0 aromatic heterocycles. The number of aliphatic imine (C=N–C) groups is 1. The quantitative estimate of drug-likeness (QED) is 0.491. The van der Waals surface area contributed by atoms with Crippen LogP contribution in [0.4, 0.5) is 5.69 Å². The summed E-state index contributed by atoms with van der Waals surface area (Å²) in [6, 6.07) is 17.5. The van der Waals surface area contributed by atoms with E-state index in [4.69, 9.17) is 20.7 Å². The highest BCUT2D eigenvalue weighted by molar-refractivity contribution is 5.93. The monoisotopic (exact) mass is 433 g/mol. The number of likely N-dealkylation sites (tertiary alicyclic amines) is 1. The van der Waals surface area contributed by atoms with Crippen LogP contribution in [-0.2, 0) is 6.61 Å². The highest BCUT2D eigenvalue weighted by Crippen LogP contribution is 2.21. The first kappa shape index (κ1) is 23.6. The van der Waals surface area contributed by atoms with E-state index in [2.05, 4.69) is 37.1 Å². The summed E-state index contributed by atoms with van der Waals surface area (Å²) in [7, 11) is 0. The first-order chi connectivity index (χ1) is 15.4. The number of hydrogen-bond acceptors (Lipinski definition) is 4. The molecule has 32 heavy (non-hydrogen) atoms. The number of rotatable bonds is 7. The van der Waals surface area contributed by atoms with Crippen molar-refractivity contribution < 1.29 is 4.74 Å². The third kappa shape index (κ3) is 7.00. The van der Waals surface area contributed by atoms with Gasteiger partial charge in [0.25, 0.3) is 0 Å². The maximum atomic E-state index is 8.90. The Labute approximate surface area is 192 Å². The maximum Gasteiger partial charge on any atom is 0.198 e. The van der Waals surface area contributed by atoms with Gasteiger partial charge in [-0.3, -0.25) is 4.99 Å². The molecule has 170 valence electrons. The summed E-state index contributed by atoms with van der Waals surface area (Å²) >= 11 is 0. The second-order valence-electron chi connectivity index (χ2n) is 9.42. The number of ether oxygens (including phenoxy) is 1. The molecule has 2 aromatic rings. The number of nitriles is 1. The highest BCUT2D eigenvalue weighted by Gasteiger charge is 2.21. The van der Waals surface area contributed by atoms with Crippen LogP contribution < -0.4 is 15.8 Å². The number of anilines is 1. The molecule has 0 amide bonds. The van der Waals surface area contributed by atoms with E-state index in [9.17, 15) is 0 Å². The molecule has 0 spiro atoms. The van der Waals surface area contributed by atoms with Gasteiger partial charge >= 0.3 is 0 Å². The predicted octanol–water partition coefficient (Wildman–Crippen LogP) is 4.62. The Hall–Kier alpha value is -3.04. The maximum absolute atomic E-state index is 8.90. The molecule has 1 fully saturated rings. The van der Waals surface area contributed by atoms with Crippen molar-refractivity contribution in [3.05, 3.63) is 59.7 Å². The minimum absolute atomic E-state index is 0.0286. The zero-order valence-corrected chi connectivity index (χ0v) is 19.5. The lowest BCUT2D eigenvalue weighted by molar-refractivity contribution is 0.278. The molecule has 1 heterocycles. The fourth-order valence-corrected chi connectivity index (χ4v) is 3.40. The van der Waals surface area contributed by atoms with Gasteiger partial charge in [-0.1, -0.05) is 32.9 Å². The molecule has 0 aliphatic carbocycles. The minimum atomic E-state index is -0.0286. The van der Waals surface area contributed by atoms with E-state index < -0.39 is 0 Å². The predicted molar refractivity (Wildman–Crippen MR) is 131 cm³/mol. The Morgan fingerprint density at radius 2 is 1.81 bits per heavy atom. The van der Waals surface area contributed by atoms with Crippen molar-refractivity contribution in [2.75, 3.05) is 31.5 Å². The van der Waals surface area contributed by atoms with Crippen molar-refractivity contribution in [2.45, 2.75) is 40.2 Å². The number of nitrogens with one attached hydrogen (secondary N) is 1. The van der Waals surface area contributed by atoms with Crippen molar-refractivity contribution in [2.24, 2.45) is 22.1 Å². The van der Waals surface area contributed by atoms with Crippen molar-refractivity contribution >= 4 is 11.6 Å². The normalized spacial score (nSPS) is 15.3. The summed E-state index contributed by atoms with van der Waals surface area (Å²) in [6.45, 7) is 10.4.